The number of aliphatic hydroxyl groups is 1. The molecule has 0 heterocycles. The van der Waals surface area contributed by atoms with E-state index in [1.807, 2.05) is 0 Å². The highest BCUT2D eigenvalue weighted by molar-refractivity contribution is 5.14. The van der Waals surface area contributed by atoms with Crippen LogP contribution in [0.5, 0.6) is 0 Å². The molecule has 4 aliphatic carbocycles. The lowest BCUT2D eigenvalue weighted by molar-refractivity contribution is -0.204. The number of hydrogen-bond acceptors (Lipinski definition) is 3. The molecule has 8 atom stereocenters. The van der Waals surface area contributed by atoms with Gasteiger partial charge in [-0.15, -0.1) is 0 Å². The van der Waals surface area contributed by atoms with Gasteiger partial charge in [0.25, 0.3) is 0 Å². The van der Waals surface area contributed by atoms with Crippen LogP contribution < -0.4 is 11.5 Å². The molecule has 4 fully saturated rings. The molecule has 3 unspecified atom stereocenters. The second-order valence-electron chi connectivity index (χ2n) is 9.76. The molecular formula is C19H34N2O. The normalized spacial score (nSPS) is 61.2. The molecule has 0 spiro atoms. The molecule has 4 aliphatic rings. The molecule has 0 bridgehead atoms. The van der Waals surface area contributed by atoms with Crippen molar-refractivity contribution in [1.82, 2.24) is 0 Å². The zero-order chi connectivity index (χ0) is 15.8. The lowest BCUT2D eigenvalue weighted by Gasteiger charge is -2.63. The van der Waals surface area contributed by atoms with Crippen LogP contribution in [0.15, 0.2) is 0 Å². The van der Waals surface area contributed by atoms with Crippen molar-refractivity contribution in [2.45, 2.75) is 89.3 Å². The monoisotopic (exact) mass is 306 g/mol. The molecule has 5 N–H and O–H groups in total. The van der Waals surface area contributed by atoms with Gasteiger partial charge in [-0.3, -0.25) is 0 Å². The van der Waals surface area contributed by atoms with Crippen LogP contribution in [0.25, 0.3) is 0 Å². The smallest absolute Gasteiger partial charge is 0.0718 e. The highest BCUT2D eigenvalue weighted by Gasteiger charge is 2.63. The van der Waals surface area contributed by atoms with E-state index in [-0.39, 0.29) is 11.5 Å². The molecule has 0 radical (unpaired) electrons. The Labute approximate surface area is 135 Å². The van der Waals surface area contributed by atoms with Crippen LogP contribution in [-0.4, -0.2) is 22.8 Å². The lowest BCUT2D eigenvalue weighted by Crippen LogP contribution is -2.63. The van der Waals surface area contributed by atoms with Crippen LogP contribution in [0.3, 0.4) is 0 Å². The number of fused-ring (bicyclic) bond motifs is 5. The summed E-state index contributed by atoms with van der Waals surface area (Å²) in [5.41, 5.74) is 12.6. The van der Waals surface area contributed by atoms with Gasteiger partial charge in [0.1, 0.15) is 0 Å². The summed E-state index contributed by atoms with van der Waals surface area (Å²) < 4.78 is 0. The molecule has 0 aromatic carbocycles. The van der Waals surface area contributed by atoms with Gasteiger partial charge in [0, 0.05) is 12.1 Å². The summed E-state index contributed by atoms with van der Waals surface area (Å²) >= 11 is 0. The SMILES string of the molecule is C[C@]12CC[C@@H]3[C@@H](CCC4(O)CC(N)CC[C@]34C)[C@@H]1CC(N)C2. The van der Waals surface area contributed by atoms with E-state index in [1.54, 1.807) is 0 Å². The van der Waals surface area contributed by atoms with Crippen LogP contribution in [0, 0.1) is 28.6 Å². The Kier molecular flexibility index (Phi) is 3.30. The molecule has 4 rings (SSSR count). The van der Waals surface area contributed by atoms with E-state index in [4.69, 9.17) is 11.5 Å². The van der Waals surface area contributed by atoms with Crippen molar-refractivity contribution < 1.29 is 5.11 Å². The zero-order valence-corrected chi connectivity index (χ0v) is 14.4. The highest BCUT2D eigenvalue weighted by atomic mass is 16.3. The molecule has 126 valence electrons. The molecule has 0 aliphatic heterocycles. The minimum absolute atomic E-state index is 0.0831. The third-order valence-electron chi connectivity index (χ3n) is 8.65. The fourth-order valence-electron chi connectivity index (χ4n) is 7.41. The average molecular weight is 306 g/mol. The van der Waals surface area contributed by atoms with Crippen molar-refractivity contribution in [3.05, 3.63) is 0 Å². The van der Waals surface area contributed by atoms with Gasteiger partial charge in [0.2, 0.25) is 0 Å². The van der Waals surface area contributed by atoms with Crippen molar-refractivity contribution in [2.24, 2.45) is 40.1 Å². The molecule has 3 nitrogen and oxygen atoms in total. The fraction of sp³-hybridized carbons (Fsp3) is 1.00. The summed E-state index contributed by atoms with van der Waals surface area (Å²) in [4.78, 5) is 0. The van der Waals surface area contributed by atoms with Crippen LogP contribution in [0.4, 0.5) is 0 Å². The second kappa shape index (κ2) is 4.70. The minimum Gasteiger partial charge on any atom is -0.389 e. The van der Waals surface area contributed by atoms with Gasteiger partial charge >= 0.3 is 0 Å². The zero-order valence-electron chi connectivity index (χ0n) is 14.4. The summed E-state index contributed by atoms with van der Waals surface area (Å²) in [6.45, 7) is 4.87. The average Bonchev–Trinajstić information content (AvgIpc) is 2.74. The third-order valence-corrected chi connectivity index (χ3v) is 8.65. The lowest BCUT2D eigenvalue weighted by atomic mass is 9.43. The summed E-state index contributed by atoms with van der Waals surface area (Å²) in [6.07, 6.45) is 10.2. The molecule has 0 saturated heterocycles. The summed E-state index contributed by atoms with van der Waals surface area (Å²) in [5.74, 6) is 2.26. The van der Waals surface area contributed by atoms with Crippen molar-refractivity contribution in [2.75, 3.05) is 0 Å². The minimum atomic E-state index is -0.514. The predicted molar refractivity (Wildman–Crippen MR) is 89.1 cm³/mol. The van der Waals surface area contributed by atoms with E-state index >= 15 is 0 Å². The van der Waals surface area contributed by atoms with E-state index in [2.05, 4.69) is 13.8 Å². The molecule has 4 saturated carbocycles. The highest BCUT2D eigenvalue weighted by Crippen LogP contribution is 2.66. The van der Waals surface area contributed by atoms with E-state index in [9.17, 15) is 5.11 Å². The maximum atomic E-state index is 11.4. The van der Waals surface area contributed by atoms with Gasteiger partial charge in [-0.25, -0.2) is 0 Å². The maximum absolute atomic E-state index is 11.4. The number of hydrogen-bond donors (Lipinski definition) is 3. The first-order valence-electron chi connectivity index (χ1n) is 9.51. The quantitative estimate of drug-likeness (QED) is 0.644. The Balaban J connectivity index is 1.66. The first-order chi connectivity index (χ1) is 10.3. The van der Waals surface area contributed by atoms with Crippen LogP contribution in [0.2, 0.25) is 0 Å². The Bertz CT molecular complexity index is 468. The largest absolute Gasteiger partial charge is 0.389 e. The van der Waals surface area contributed by atoms with Crippen molar-refractivity contribution >= 4 is 0 Å². The Hall–Kier alpha value is -0.120. The van der Waals surface area contributed by atoms with Crippen LogP contribution in [-0.2, 0) is 0 Å². The van der Waals surface area contributed by atoms with Gasteiger partial charge in [-0.2, -0.15) is 0 Å². The van der Waals surface area contributed by atoms with E-state index in [1.165, 1.54) is 32.1 Å². The first-order valence-corrected chi connectivity index (χ1v) is 9.51. The maximum Gasteiger partial charge on any atom is 0.0718 e. The van der Waals surface area contributed by atoms with Gasteiger partial charge in [0.05, 0.1) is 5.60 Å². The topological polar surface area (TPSA) is 72.3 Å². The van der Waals surface area contributed by atoms with Crippen molar-refractivity contribution in [3.8, 4) is 0 Å². The Morgan fingerprint density at radius 3 is 2.41 bits per heavy atom. The van der Waals surface area contributed by atoms with Crippen LogP contribution >= 0.6 is 0 Å². The molecule has 0 aromatic heterocycles. The second-order valence-corrected chi connectivity index (χ2v) is 9.76. The molecule has 0 aromatic rings. The van der Waals surface area contributed by atoms with Gasteiger partial charge in [-0.05, 0) is 86.4 Å². The van der Waals surface area contributed by atoms with E-state index in [0.29, 0.717) is 17.4 Å². The summed E-state index contributed by atoms with van der Waals surface area (Å²) in [6, 6.07) is 0.602. The predicted octanol–water partition coefficient (Wildman–Crippen LogP) is 2.80. The molecule has 22 heavy (non-hydrogen) atoms. The Morgan fingerprint density at radius 1 is 0.864 bits per heavy atom. The first kappa shape index (κ1) is 15.4. The number of rotatable bonds is 0. The fourth-order valence-corrected chi connectivity index (χ4v) is 7.41. The van der Waals surface area contributed by atoms with Gasteiger partial charge in [-0.1, -0.05) is 13.8 Å². The standard InChI is InChI=1S/C19H34N2O/c1-17-6-5-15-14(16(17)9-13(21)10-17)4-8-19(22)11-12(20)3-7-18(15,19)2/h12-16,22H,3-11,20-21H2,1-2H3/t12?,13?,14-,15-,16+,17-,18-,19?/m1/s1. The summed E-state index contributed by atoms with van der Waals surface area (Å²) in [7, 11) is 0. The van der Waals surface area contributed by atoms with Crippen LogP contribution in [0.1, 0.15) is 71.6 Å². The molecular weight excluding hydrogens is 272 g/mol. The van der Waals surface area contributed by atoms with Gasteiger partial charge < -0.3 is 16.6 Å². The third kappa shape index (κ3) is 1.91. The van der Waals surface area contributed by atoms with Crippen molar-refractivity contribution in [1.29, 1.82) is 0 Å². The van der Waals surface area contributed by atoms with Crippen molar-refractivity contribution in [3.63, 3.8) is 0 Å². The Morgan fingerprint density at radius 2 is 1.64 bits per heavy atom. The molecule has 3 heteroatoms. The molecule has 0 amide bonds. The summed E-state index contributed by atoms with van der Waals surface area (Å²) in [5, 5.41) is 11.4. The van der Waals surface area contributed by atoms with E-state index < -0.39 is 5.60 Å². The van der Waals surface area contributed by atoms with E-state index in [0.717, 1.165) is 37.5 Å². The van der Waals surface area contributed by atoms with Gasteiger partial charge in [0.15, 0.2) is 0 Å². The number of nitrogens with two attached hydrogens (primary N) is 2.